The minimum absolute atomic E-state index is 0.00302. The normalized spacial score (nSPS) is 12.1. The maximum Gasteiger partial charge on any atom is 0.226 e. The van der Waals surface area contributed by atoms with Crippen LogP contribution in [0.5, 0.6) is 0 Å². The van der Waals surface area contributed by atoms with Gasteiger partial charge in [-0.15, -0.1) is 11.3 Å². The van der Waals surface area contributed by atoms with Crippen molar-refractivity contribution in [3.8, 4) is 10.6 Å². The Morgan fingerprint density at radius 2 is 2.29 bits per heavy atom. The molecule has 0 spiro atoms. The number of aryl methyl sites for hydroxylation is 1. The summed E-state index contributed by atoms with van der Waals surface area (Å²) >= 11 is 1.57. The molecule has 0 aliphatic carbocycles. The van der Waals surface area contributed by atoms with E-state index in [1.54, 1.807) is 11.3 Å². The number of rotatable bonds is 6. The predicted molar refractivity (Wildman–Crippen MR) is 87.3 cm³/mol. The molecule has 0 aliphatic heterocycles. The molecule has 0 saturated carbocycles. The van der Waals surface area contributed by atoms with Crippen molar-refractivity contribution in [3.05, 3.63) is 40.9 Å². The van der Waals surface area contributed by atoms with Gasteiger partial charge in [0.05, 0.1) is 12.1 Å². The predicted octanol–water partition coefficient (Wildman–Crippen LogP) is 2.51. The molecular formula is C16H21N3OS. The van der Waals surface area contributed by atoms with E-state index in [9.17, 15) is 4.79 Å². The topological polar surface area (TPSA) is 68.0 Å². The third-order valence-electron chi connectivity index (χ3n) is 3.08. The zero-order chi connectivity index (χ0) is 15.2. The van der Waals surface area contributed by atoms with Crippen LogP contribution in [-0.4, -0.2) is 23.5 Å². The van der Waals surface area contributed by atoms with Crippen molar-refractivity contribution < 1.29 is 4.79 Å². The Hall–Kier alpha value is -1.72. The number of nitrogens with zero attached hydrogens (tertiary/aromatic N) is 1. The zero-order valence-electron chi connectivity index (χ0n) is 12.4. The molecule has 0 aliphatic rings. The molecule has 0 radical (unpaired) electrons. The van der Waals surface area contributed by atoms with Crippen LogP contribution in [0.4, 0.5) is 0 Å². The minimum Gasteiger partial charge on any atom is -0.356 e. The van der Waals surface area contributed by atoms with Crippen LogP contribution in [0.25, 0.3) is 10.6 Å². The molecule has 5 heteroatoms. The van der Waals surface area contributed by atoms with E-state index in [1.807, 2.05) is 24.4 Å². The molecule has 1 aromatic carbocycles. The van der Waals surface area contributed by atoms with Crippen LogP contribution in [-0.2, 0) is 11.2 Å². The van der Waals surface area contributed by atoms with Gasteiger partial charge in [-0.1, -0.05) is 23.8 Å². The Labute approximate surface area is 129 Å². The summed E-state index contributed by atoms with van der Waals surface area (Å²) < 4.78 is 0. The third-order valence-corrected chi connectivity index (χ3v) is 4.02. The molecule has 0 bridgehead atoms. The van der Waals surface area contributed by atoms with Crippen molar-refractivity contribution in [1.82, 2.24) is 10.3 Å². The monoisotopic (exact) mass is 303 g/mol. The number of hydrogen-bond donors (Lipinski definition) is 2. The second-order valence-corrected chi connectivity index (χ2v) is 6.16. The number of benzene rings is 1. The van der Waals surface area contributed by atoms with Crippen LogP contribution in [0.1, 0.15) is 24.6 Å². The first-order valence-electron chi connectivity index (χ1n) is 7.08. The van der Waals surface area contributed by atoms with Gasteiger partial charge in [0.2, 0.25) is 5.91 Å². The first kappa shape index (κ1) is 15.7. The minimum atomic E-state index is -0.00302. The lowest BCUT2D eigenvalue weighted by Gasteiger charge is -2.06. The average molecular weight is 303 g/mol. The van der Waals surface area contributed by atoms with Gasteiger partial charge in [0, 0.05) is 23.5 Å². The molecule has 2 aromatic rings. The summed E-state index contributed by atoms with van der Waals surface area (Å²) in [7, 11) is 0. The molecule has 1 aromatic heterocycles. The molecule has 3 N–H and O–H groups in total. The third kappa shape index (κ3) is 4.95. The van der Waals surface area contributed by atoms with E-state index in [-0.39, 0.29) is 11.9 Å². The highest BCUT2D eigenvalue weighted by atomic mass is 32.1. The lowest BCUT2D eigenvalue weighted by Crippen LogP contribution is -2.30. The maximum atomic E-state index is 11.8. The molecule has 1 atom stereocenters. The second-order valence-electron chi connectivity index (χ2n) is 5.31. The van der Waals surface area contributed by atoms with Crippen LogP contribution in [0.2, 0.25) is 0 Å². The van der Waals surface area contributed by atoms with E-state index in [1.165, 1.54) is 5.56 Å². The van der Waals surface area contributed by atoms with Gasteiger partial charge >= 0.3 is 0 Å². The lowest BCUT2D eigenvalue weighted by atomic mass is 10.1. The van der Waals surface area contributed by atoms with Crippen molar-refractivity contribution in [2.24, 2.45) is 5.73 Å². The second kappa shape index (κ2) is 7.33. The number of aromatic nitrogens is 1. The van der Waals surface area contributed by atoms with Gasteiger partial charge in [-0.3, -0.25) is 4.79 Å². The van der Waals surface area contributed by atoms with E-state index in [0.29, 0.717) is 13.0 Å². The number of amides is 1. The smallest absolute Gasteiger partial charge is 0.226 e. The average Bonchev–Trinajstić information content (AvgIpc) is 2.86. The zero-order valence-corrected chi connectivity index (χ0v) is 13.2. The largest absolute Gasteiger partial charge is 0.356 e. The number of thiazole rings is 1. The van der Waals surface area contributed by atoms with E-state index in [2.05, 4.69) is 29.4 Å². The number of carbonyl (C=O) groups excluding carboxylic acids is 1. The summed E-state index contributed by atoms with van der Waals surface area (Å²) in [6.07, 6.45) is 1.11. The van der Waals surface area contributed by atoms with Crippen LogP contribution in [0.15, 0.2) is 29.6 Å². The van der Waals surface area contributed by atoms with Crippen LogP contribution >= 0.6 is 11.3 Å². The van der Waals surface area contributed by atoms with Crippen molar-refractivity contribution in [2.75, 3.05) is 6.54 Å². The van der Waals surface area contributed by atoms with Gasteiger partial charge in [-0.25, -0.2) is 4.98 Å². The standard InChI is InChI=1S/C16H21N3OS/c1-11-4-3-5-13(8-11)16-19-14(10-21-16)9-15(20)18-7-6-12(2)17/h3-5,8,10,12H,6-7,9,17H2,1-2H3,(H,18,20). The molecule has 0 saturated heterocycles. The SMILES string of the molecule is Cc1cccc(-c2nc(CC(=O)NCCC(C)N)cs2)c1. The lowest BCUT2D eigenvalue weighted by molar-refractivity contribution is -0.120. The molecule has 112 valence electrons. The molecule has 0 fully saturated rings. The Morgan fingerprint density at radius 3 is 3.00 bits per heavy atom. The highest BCUT2D eigenvalue weighted by Gasteiger charge is 2.09. The summed E-state index contributed by atoms with van der Waals surface area (Å²) in [5.74, 6) is -0.00302. The van der Waals surface area contributed by atoms with Gasteiger partial charge in [0.1, 0.15) is 5.01 Å². The number of carbonyl (C=O) groups is 1. The summed E-state index contributed by atoms with van der Waals surface area (Å²) in [6.45, 7) is 4.61. The fraction of sp³-hybridized carbons (Fsp3) is 0.375. The summed E-state index contributed by atoms with van der Waals surface area (Å²) in [5, 5.41) is 5.77. The fourth-order valence-electron chi connectivity index (χ4n) is 1.97. The molecule has 21 heavy (non-hydrogen) atoms. The molecule has 1 unspecified atom stereocenters. The van der Waals surface area contributed by atoms with Crippen LogP contribution in [0, 0.1) is 6.92 Å². The quantitative estimate of drug-likeness (QED) is 0.861. The van der Waals surface area contributed by atoms with E-state index in [4.69, 9.17) is 5.73 Å². The van der Waals surface area contributed by atoms with Gasteiger partial charge in [0.15, 0.2) is 0 Å². The van der Waals surface area contributed by atoms with Crippen molar-refractivity contribution in [1.29, 1.82) is 0 Å². The van der Waals surface area contributed by atoms with E-state index < -0.39 is 0 Å². The molecule has 1 heterocycles. The van der Waals surface area contributed by atoms with Gasteiger partial charge < -0.3 is 11.1 Å². The first-order valence-corrected chi connectivity index (χ1v) is 7.96. The summed E-state index contributed by atoms with van der Waals surface area (Å²) in [5.41, 5.74) is 8.77. The Balaban J connectivity index is 1.93. The van der Waals surface area contributed by atoms with Crippen LogP contribution in [0.3, 0.4) is 0 Å². The number of nitrogens with two attached hydrogens (primary N) is 1. The Morgan fingerprint density at radius 1 is 1.48 bits per heavy atom. The first-order chi connectivity index (χ1) is 10.0. The fourth-order valence-corrected chi connectivity index (χ4v) is 2.78. The van der Waals surface area contributed by atoms with Crippen LogP contribution < -0.4 is 11.1 Å². The Bertz CT molecular complexity index is 607. The number of hydrogen-bond acceptors (Lipinski definition) is 4. The Kier molecular flexibility index (Phi) is 5.47. The van der Waals surface area contributed by atoms with E-state index >= 15 is 0 Å². The van der Waals surface area contributed by atoms with E-state index in [0.717, 1.165) is 22.7 Å². The highest BCUT2D eigenvalue weighted by Crippen LogP contribution is 2.24. The van der Waals surface area contributed by atoms with Gasteiger partial charge in [-0.2, -0.15) is 0 Å². The number of nitrogens with one attached hydrogen (secondary N) is 1. The summed E-state index contributed by atoms with van der Waals surface area (Å²) in [6, 6.07) is 8.33. The highest BCUT2D eigenvalue weighted by molar-refractivity contribution is 7.13. The molecular weight excluding hydrogens is 282 g/mol. The van der Waals surface area contributed by atoms with Gasteiger partial charge in [0.25, 0.3) is 0 Å². The maximum absolute atomic E-state index is 11.8. The van der Waals surface area contributed by atoms with Gasteiger partial charge in [-0.05, 0) is 26.3 Å². The summed E-state index contributed by atoms with van der Waals surface area (Å²) in [4.78, 5) is 16.3. The molecule has 1 amide bonds. The van der Waals surface area contributed by atoms with Crippen molar-refractivity contribution in [3.63, 3.8) is 0 Å². The molecule has 4 nitrogen and oxygen atoms in total. The molecule has 2 rings (SSSR count). The van der Waals surface area contributed by atoms with Crippen molar-refractivity contribution in [2.45, 2.75) is 32.7 Å². The van der Waals surface area contributed by atoms with Crippen molar-refractivity contribution >= 4 is 17.2 Å².